The van der Waals surface area contributed by atoms with E-state index in [0.29, 0.717) is 0 Å². The Bertz CT molecular complexity index is 579. The van der Waals surface area contributed by atoms with Crippen LogP contribution in [0.1, 0.15) is 29.3 Å². The normalized spacial score (nSPS) is 10.4. The summed E-state index contributed by atoms with van der Waals surface area (Å²) < 4.78 is 9.25. The third-order valence-electron chi connectivity index (χ3n) is 2.55. The predicted molar refractivity (Wildman–Crippen MR) is 74.7 cm³/mol. The van der Waals surface area contributed by atoms with Gasteiger partial charge in [-0.3, -0.25) is 14.9 Å². The molecule has 0 N–H and O–H groups in total. The monoisotopic (exact) mass is 293 g/mol. The molecule has 0 atom stereocenters. The number of carbonyl (C=O) groups is 2. The topological polar surface area (TPSA) is 95.7 Å². The van der Waals surface area contributed by atoms with Gasteiger partial charge >= 0.3 is 11.9 Å². The molecule has 1 aromatic carbocycles. The summed E-state index contributed by atoms with van der Waals surface area (Å²) >= 11 is 0. The molecule has 1 rings (SSSR count). The van der Waals surface area contributed by atoms with Crippen molar-refractivity contribution >= 4 is 23.7 Å². The van der Waals surface area contributed by atoms with Crippen molar-refractivity contribution in [3.8, 4) is 0 Å². The molecule has 7 heteroatoms. The molecule has 0 spiro atoms. The fourth-order valence-corrected chi connectivity index (χ4v) is 1.55. The molecular weight excluding hydrogens is 278 g/mol. The van der Waals surface area contributed by atoms with E-state index in [2.05, 4.69) is 4.74 Å². The van der Waals surface area contributed by atoms with Crippen LogP contribution in [-0.2, 0) is 14.3 Å². The summed E-state index contributed by atoms with van der Waals surface area (Å²) in [6.45, 7) is 1.84. The van der Waals surface area contributed by atoms with E-state index in [9.17, 15) is 19.7 Å². The summed E-state index contributed by atoms with van der Waals surface area (Å²) in [4.78, 5) is 33.0. The highest BCUT2D eigenvalue weighted by Gasteiger charge is 2.16. The molecule has 0 saturated carbocycles. The molecule has 0 amide bonds. The second-order valence-corrected chi connectivity index (χ2v) is 3.93. The second-order valence-electron chi connectivity index (χ2n) is 3.93. The first-order valence-electron chi connectivity index (χ1n) is 6.18. The van der Waals surface area contributed by atoms with Gasteiger partial charge in [-0.1, -0.05) is 12.2 Å². The van der Waals surface area contributed by atoms with Gasteiger partial charge in [-0.05, 0) is 19.1 Å². The quantitative estimate of drug-likeness (QED) is 0.454. The fraction of sp³-hybridized carbons (Fsp3) is 0.286. The Labute approximate surface area is 121 Å². The zero-order chi connectivity index (χ0) is 15.8. The van der Waals surface area contributed by atoms with Gasteiger partial charge in [-0.2, -0.15) is 0 Å². The Morgan fingerprint density at radius 2 is 2.10 bits per heavy atom. The summed E-state index contributed by atoms with van der Waals surface area (Å²) in [6.07, 6.45) is 2.90. The van der Waals surface area contributed by atoms with Crippen LogP contribution in [0.2, 0.25) is 0 Å². The molecule has 0 aliphatic carbocycles. The second kappa shape index (κ2) is 7.78. The first kappa shape index (κ1) is 16.4. The van der Waals surface area contributed by atoms with Gasteiger partial charge in [0.25, 0.3) is 5.69 Å². The van der Waals surface area contributed by atoms with Gasteiger partial charge in [0.15, 0.2) is 0 Å². The SMILES string of the molecule is CCOC(=O)c1ccc(C=CCC(=O)OC)c([N+](=O)[O-])c1. The molecule has 0 aliphatic rings. The number of hydrogen-bond donors (Lipinski definition) is 0. The van der Waals surface area contributed by atoms with E-state index in [0.717, 1.165) is 6.07 Å². The molecule has 0 aromatic heterocycles. The number of nitro groups is 1. The smallest absolute Gasteiger partial charge is 0.338 e. The van der Waals surface area contributed by atoms with Crippen molar-refractivity contribution in [2.75, 3.05) is 13.7 Å². The first-order chi connectivity index (χ1) is 9.99. The number of carbonyl (C=O) groups excluding carboxylic acids is 2. The molecule has 7 nitrogen and oxygen atoms in total. The summed E-state index contributed by atoms with van der Waals surface area (Å²) in [5.74, 6) is -1.07. The lowest BCUT2D eigenvalue weighted by atomic mass is 10.1. The summed E-state index contributed by atoms with van der Waals surface area (Å²) in [7, 11) is 1.26. The molecule has 0 bridgehead atoms. The van der Waals surface area contributed by atoms with Crippen LogP contribution in [0.15, 0.2) is 24.3 Å². The zero-order valence-corrected chi connectivity index (χ0v) is 11.7. The van der Waals surface area contributed by atoms with Crippen molar-refractivity contribution in [2.45, 2.75) is 13.3 Å². The number of rotatable bonds is 6. The van der Waals surface area contributed by atoms with Gasteiger partial charge in [0.1, 0.15) is 0 Å². The largest absolute Gasteiger partial charge is 0.469 e. The van der Waals surface area contributed by atoms with E-state index in [1.54, 1.807) is 6.92 Å². The molecule has 0 saturated heterocycles. The minimum atomic E-state index is -0.620. The van der Waals surface area contributed by atoms with Crippen LogP contribution in [0.4, 0.5) is 5.69 Å². The van der Waals surface area contributed by atoms with Crippen LogP contribution < -0.4 is 0 Å². The third kappa shape index (κ3) is 4.72. The van der Waals surface area contributed by atoms with E-state index < -0.39 is 16.9 Å². The lowest BCUT2D eigenvalue weighted by molar-refractivity contribution is -0.385. The van der Waals surface area contributed by atoms with Crippen LogP contribution in [0, 0.1) is 10.1 Å². The number of methoxy groups -OCH3 is 1. The van der Waals surface area contributed by atoms with Crippen molar-refractivity contribution in [3.05, 3.63) is 45.5 Å². The number of ether oxygens (including phenoxy) is 2. The Hall–Kier alpha value is -2.70. The van der Waals surface area contributed by atoms with Crippen LogP contribution in [-0.4, -0.2) is 30.6 Å². The maximum Gasteiger partial charge on any atom is 0.338 e. The molecule has 0 fully saturated rings. The van der Waals surface area contributed by atoms with Gasteiger partial charge in [-0.15, -0.1) is 0 Å². The highest BCUT2D eigenvalue weighted by atomic mass is 16.6. The van der Waals surface area contributed by atoms with Gasteiger partial charge in [0, 0.05) is 6.07 Å². The number of benzene rings is 1. The lowest BCUT2D eigenvalue weighted by Gasteiger charge is -2.03. The third-order valence-corrected chi connectivity index (χ3v) is 2.55. The summed E-state index contributed by atoms with van der Waals surface area (Å²) in [5, 5.41) is 11.0. The Morgan fingerprint density at radius 3 is 2.67 bits per heavy atom. The van der Waals surface area contributed by atoms with Crippen molar-refractivity contribution in [3.63, 3.8) is 0 Å². The van der Waals surface area contributed by atoms with Gasteiger partial charge in [0.2, 0.25) is 0 Å². The Balaban J connectivity index is 3.02. The number of nitro benzene ring substituents is 1. The molecule has 0 radical (unpaired) electrons. The fourth-order valence-electron chi connectivity index (χ4n) is 1.55. The molecule has 0 aliphatic heterocycles. The maximum absolute atomic E-state index is 11.5. The predicted octanol–water partition coefficient (Wildman–Crippen LogP) is 2.35. The standard InChI is InChI=1S/C14H15NO6/c1-3-21-14(17)11-8-7-10(12(9-11)15(18)19)5-4-6-13(16)20-2/h4-5,7-9H,3,6H2,1-2H3. The van der Waals surface area contributed by atoms with E-state index in [1.165, 1.54) is 31.4 Å². The van der Waals surface area contributed by atoms with E-state index in [4.69, 9.17) is 4.74 Å². The highest BCUT2D eigenvalue weighted by Crippen LogP contribution is 2.22. The summed E-state index contributed by atoms with van der Waals surface area (Å²) in [6, 6.07) is 4.01. The van der Waals surface area contributed by atoms with E-state index >= 15 is 0 Å². The van der Waals surface area contributed by atoms with Crippen molar-refractivity contribution in [2.24, 2.45) is 0 Å². The van der Waals surface area contributed by atoms with Crippen LogP contribution in [0.3, 0.4) is 0 Å². The molecule has 0 heterocycles. The van der Waals surface area contributed by atoms with Crippen molar-refractivity contribution < 1.29 is 24.0 Å². The first-order valence-corrected chi connectivity index (χ1v) is 6.18. The van der Waals surface area contributed by atoms with Crippen LogP contribution >= 0.6 is 0 Å². The Kier molecular flexibility index (Phi) is 6.06. The molecule has 112 valence electrons. The van der Waals surface area contributed by atoms with Crippen LogP contribution in [0.5, 0.6) is 0 Å². The van der Waals surface area contributed by atoms with Crippen molar-refractivity contribution in [1.82, 2.24) is 0 Å². The minimum absolute atomic E-state index is 0.00722. The molecule has 21 heavy (non-hydrogen) atoms. The minimum Gasteiger partial charge on any atom is -0.469 e. The average molecular weight is 293 g/mol. The molecule has 0 unspecified atom stereocenters. The highest BCUT2D eigenvalue weighted by molar-refractivity contribution is 5.91. The van der Waals surface area contributed by atoms with Gasteiger partial charge < -0.3 is 9.47 Å². The van der Waals surface area contributed by atoms with Gasteiger partial charge in [0.05, 0.1) is 36.2 Å². The lowest BCUT2D eigenvalue weighted by Crippen LogP contribution is -2.05. The van der Waals surface area contributed by atoms with E-state index in [-0.39, 0.29) is 29.8 Å². The average Bonchev–Trinajstić information content (AvgIpc) is 2.47. The molecular formula is C14H15NO6. The maximum atomic E-state index is 11.5. The van der Waals surface area contributed by atoms with E-state index in [1.807, 2.05) is 0 Å². The number of nitrogens with zero attached hydrogens (tertiary/aromatic N) is 1. The van der Waals surface area contributed by atoms with Crippen molar-refractivity contribution in [1.29, 1.82) is 0 Å². The van der Waals surface area contributed by atoms with Gasteiger partial charge in [-0.25, -0.2) is 4.79 Å². The number of esters is 2. The summed E-state index contributed by atoms with van der Waals surface area (Å²) in [5.41, 5.74) is 0.160. The molecule has 1 aromatic rings. The number of hydrogen-bond acceptors (Lipinski definition) is 6. The Morgan fingerprint density at radius 1 is 1.38 bits per heavy atom. The van der Waals surface area contributed by atoms with Crippen LogP contribution in [0.25, 0.3) is 6.08 Å². The zero-order valence-electron chi connectivity index (χ0n) is 11.7.